The summed E-state index contributed by atoms with van der Waals surface area (Å²) in [6, 6.07) is 0.0250. The standard InChI is InChI=1S/C17H34N6O2/c1-13(18-15(24)17(5,6)9-10-25-8)11-22(7)12-14-19-21-23(20-14)16(2,3)4/h13H,9-12H2,1-8H3,(H,18,24). The van der Waals surface area contributed by atoms with E-state index < -0.39 is 5.41 Å². The molecule has 1 rings (SSSR count). The minimum absolute atomic E-state index is 0.0250. The molecule has 1 N–H and O–H groups in total. The molecule has 0 aromatic carbocycles. The number of nitrogens with zero attached hydrogens (tertiary/aromatic N) is 5. The zero-order chi connectivity index (χ0) is 19.3. The van der Waals surface area contributed by atoms with Crippen LogP contribution in [-0.4, -0.2) is 64.4 Å². The number of rotatable bonds is 9. The zero-order valence-electron chi connectivity index (χ0n) is 17.0. The van der Waals surface area contributed by atoms with Gasteiger partial charge in [-0.1, -0.05) is 13.8 Å². The van der Waals surface area contributed by atoms with Crippen LogP contribution in [0.5, 0.6) is 0 Å². The fraction of sp³-hybridized carbons (Fsp3) is 0.882. The number of nitrogens with one attached hydrogen (secondary N) is 1. The number of methoxy groups -OCH3 is 1. The summed E-state index contributed by atoms with van der Waals surface area (Å²) < 4.78 is 5.08. The Balaban J connectivity index is 2.49. The number of ether oxygens (including phenoxy) is 1. The summed E-state index contributed by atoms with van der Waals surface area (Å²) in [5, 5.41) is 15.7. The Kier molecular flexibility index (Phi) is 7.49. The average Bonchev–Trinajstić information content (AvgIpc) is 2.93. The van der Waals surface area contributed by atoms with Crippen molar-refractivity contribution in [3.8, 4) is 0 Å². The molecule has 0 bridgehead atoms. The number of hydrogen-bond donors (Lipinski definition) is 1. The average molecular weight is 354 g/mol. The number of aromatic nitrogens is 4. The van der Waals surface area contributed by atoms with E-state index in [9.17, 15) is 4.79 Å². The lowest BCUT2D eigenvalue weighted by Crippen LogP contribution is -2.46. The first-order chi connectivity index (χ1) is 11.5. The van der Waals surface area contributed by atoms with Crippen LogP contribution < -0.4 is 5.32 Å². The zero-order valence-corrected chi connectivity index (χ0v) is 17.0. The van der Waals surface area contributed by atoms with E-state index in [1.54, 1.807) is 11.9 Å². The quantitative estimate of drug-likeness (QED) is 0.722. The normalized spacial score (nSPS) is 14.0. The Bertz CT molecular complexity index is 550. The van der Waals surface area contributed by atoms with Crippen molar-refractivity contribution in [1.82, 2.24) is 30.4 Å². The predicted octanol–water partition coefficient (Wildman–Crippen LogP) is 1.43. The van der Waals surface area contributed by atoms with Crippen LogP contribution in [0.3, 0.4) is 0 Å². The number of hydrogen-bond acceptors (Lipinski definition) is 6. The maximum absolute atomic E-state index is 12.4. The summed E-state index contributed by atoms with van der Waals surface area (Å²) in [7, 11) is 3.63. The fourth-order valence-electron chi connectivity index (χ4n) is 2.30. The van der Waals surface area contributed by atoms with Crippen LogP contribution in [0.25, 0.3) is 0 Å². The Morgan fingerprint density at radius 3 is 2.48 bits per heavy atom. The van der Waals surface area contributed by atoms with Gasteiger partial charge in [-0.25, -0.2) is 0 Å². The molecule has 0 spiro atoms. The molecule has 1 unspecified atom stereocenters. The molecule has 1 aromatic heterocycles. The van der Waals surface area contributed by atoms with E-state index in [2.05, 4.69) is 25.6 Å². The topological polar surface area (TPSA) is 85.2 Å². The molecule has 0 saturated carbocycles. The number of carbonyl (C=O) groups excluding carboxylic acids is 1. The minimum Gasteiger partial charge on any atom is -0.385 e. The molecule has 0 aliphatic rings. The number of amides is 1. The Hall–Kier alpha value is -1.54. The maximum Gasteiger partial charge on any atom is 0.225 e. The van der Waals surface area contributed by atoms with Gasteiger partial charge in [-0.3, -0.25) is 9.69 Å². The van der Waals surface area contributed by atoms with Crippen LogP contribution in [0, 0.1) is 5.41 Å². The van der Waals surface area contributed by atoms with Crippen LogP contribution in [0.2, 0.25) is 0 Å². The summed E-state index contributed by atoms with van der Waals surface area (Å²) in [5.74, 6) is 0.721. The summed E-state index contributed by atoms with van der Waals surface area (Å²) >= 11 is 0. The highest BCUT2D eigenvalue weighted by Gasteiger charge is 2.28. The Morgan fingerprint density at radius 1 is 1.32 bits per heavy atom. The Morgan fingerprint density at radius 2 is 1.96 bits per heavy atom. The molecule has 1 aromatic rings. The summed E-state index contributed by atoms with van der Waals surface area (Å²) in [6.07, 6.45) is 0.692. The molecular weight excluding hydrogens is 320 g/mol. The first-order valence-electron chi connectivity index (χ1n) is 8.73. The lowest BCUT2D eigenvalue weighted by atomic mass is 9.88. The third kappa shape index (κ3) is 7.07. The lowest BCUT2D eigenvalue weighted by Gasteiger charge is -2.27. The molecule has 8 nitrogen and oxygen atoms in total. The molecule has 0 aliphatic heterocycles. The number of carbonyl (C=O) groups is 1. The maximum atomic E-state index is 12.4. The van der Waals surface area contributed by atoms with Crippen LogP contribution in [0.15, 0.2) is 0 Å². The third-order valence-electron chi connectivity index (χ3n) is 3.98. The van der Waals surface area contributed by atoms with Gasteiger partial charge >= 0.3 is 0 Å². The smallest absolute Gasteiger partial charge is 0.225 e. The summed E-state index contributed by atoms with van der Waals surface area (Å²) in [5.41, 5.74) is -0.626. The molecule has 0 aliphatic carbocycles. The van der Waals surface area contributed by atoms with Gasteiger partial charge < -0.3 is 10.1 Å². The van der Waals surface area contributed by atoms with Gasteiger partial charge in [0.05, 0.1) is 12.1 Å². The van der Waals surface area contributed by atoms with Crippen molar-refractivity contribution in [2.45, 2.75) is 66.1 Å². The van der Waals surface area contributed by atoms with Gasteiger partial charge in [-0.05, 0) is 46.4 Å². The SMILES string of the molecule is COCCC(C)(C)C(=O)NC(C)CN(C)Cc1nnn(C(C)(C)C)n1. The molecule has 25 heavy (non-hydrogen) atoms. The van der Waals surface area contributed by atoms with E-state index in [4.69, 9.17) is 4.74 Å². The van der Waals surface area contributed by atoms with Crippen molar-refractivity contribution in [1.29, 1.82) is 0 Å². The van der Waals surface area contributed by atoms with Crippen molar-refractivity contribution >= 4 is 5.91 Å². The number of likely N-dealkylation sites (N-methyl/N-ethyl adjacent to an activating group) is 1. The Labute approximate surface area is 151 Å². The molecule has 144 valence electrons. The molecule has 1 heterocycles. The molecule has 1 amide bonds. The fourth-order valence-corrected chi connectivity index (χ4v) is 2.30. The third-order valence-corrected chi connectivity index (χ3v) is 3.98. The van der Waals surface area contributed by atoms with Crippen molar-refractivity contribution in [3.05, 3.63) is 5.82 Å². The second-order valence-electron chi connectivity index (χ2n) is 8.36. The predicted molar refractivity (Wildman–Crippen MR) is 97.0 cm³/mol. The minimum atomic E-state index is -0.445. The van der Waals surface area contributed by atoms with Crippen molar-refractivity contribution < 1.29 is 9.53 Å². The first kappa shape index (κ1) is 21.5. The summed E-state index contributed by atoms with van der Waals surface area (Å²) in [6.45, 7) is 13.8. The van der Waals surface area contributed by atoms with Crippen molar-refractivity contribution in [2.75, 3.05) is 27.3 Å². The van der Waals surface area contributed by atoms with E-state index >= 15 is 0 Å². The first-order valence-corrected chi connectivity index (χ1v) is 8.73. The van der Waals surface area contributed by atoms with Crippen LogP contribution in [0.1, 0.15) is 53.8 Å². The van der Waals surface area contributed by atoms with E-state index in [1.165, 1.54) is 0 Å². The second-order valence-corrected chi connectivity index (χ2v) is 8.36. The van der Waals surface area contributed by atoms with Gasteiger partial charge in [0.15, 0.2) is 5.82 Å². The highest BCUT2D eigenvalue weighted by Crippen LogP contribution is 2.20. The van der Waals surface area contributed by atoms with Gasteiger partial charge in [0.25, 0.3) is 0 Å². The van der Waals surface area contributed by atoms with Gasteiger partial charge in [0.2, 0.25) is 5.91 Å². The van der Waals surface area contributed by atoms with Crippen molar-refractivity contribution in [2.24, 2.45) is 5.41 Å². The van der Waals surface area contributed by atoms with Crippen LogP contribution >= 0.6 is 0 Å². The van der Waals surface area contributed by atoms with Gasteiger partial charge in [0.1, 0.15) is 0 Å². The van der Waals surface area contributed by atoms with Gasteiger partial charge in [0, 0.05) is 31.7 Å². The highest BCUT2D eigenvalue weighted by molar-refractivity contribution is 5.82. The molecule has 0 fully saturated rings. The van der Waals surface area contributed by atoms with E-state index in [1.807, 2.05) is 48.6 Å². The molecule has 0 saturated heterocycles. The molecule has 8 heteroatoms. The van der Waals surface area contributed by atoms with E-state index in [0.29, 0.717) is 31.9 Å². The van der Waals surface area contributed by atoms with Crippen LogP contribution in [0.4, 0.5) is 0 Å². The highest BCUT2D eigenvalue weighted by atomic mass is 16.5. The molecular formula is C17H34N6O2. The monoisotopic (exact) mass is 354 g/mol. The van der Waals surface area contributed by atoms with Crippen LogP contribution in [-0.2, 0) is 21.6 Å². The molecule has 1 atom stereocenters. The largest absolute Gasteiger partial charge is 0.385 e. The van der Waals surface area contributed by atoms with E-state index in [0.717, 1.165) is 0 Å². The molecule has 0 radical (unpaired) electrons. The van der Waals surface area contributed by atoms with Crippen molar-refractivity contribution in [3.63, 3.8) is 0 Å². The number of tetrazole rings is 1. The van der Waals surface area contributed by atoms with Gasteiger partial charge in [-0.2, -0.15) is 4.80 Å². The lowest BCUT2D eigenvalue weighted by molar-refractivity contribution is -0.131. The second kappa shape index (κ2) is 8.71. The summed E-state index contributed by atoms with van der Waals surface area (Å²) in [4.78, 5) is 16.1. The van der Waals surface area contributed by atoms with E-state index in [-0.39, 0.29) is 17.5 Å². The van der Waals surface area contributed by atoms with Gasteiger partial charge in [-0.15, -0.1) is 10.2 Å².